The van der Waals surface area contributed by atoms with Crippen LogP contribution in [-0.4, -0.2) is 22.5 Å². The fourth-order valence-electron chi connectivity index (χ4n) is 1.91. The Bertz CT molecular complexity index is 753. The highest BCUT2D eigenvalue weighted by Crippen LogP contribution is 2.31. The van der Waals surface area contributed by atoms with E-state index in [2.05, 4.69) is 9.97 Å². The number of thiazole rings is 1. The lowest BCUT2D eigenvalue weighted by molar-refractivity contribution is 0.0529. The SMILES string of the molecule is CCOC(=O)c1ccnc2nc(-c3ccccc3)sc12. The van der Waals surface area contributed by atoms with Crippen LogP contribution in [-0.2, 0) is 4.74 Å². The van der Waals surface area contributed by atoms with Gasteiger partial charge in [-0.25, -0.2) is 14.8 Å². The van der Waals surface area contributed by atoms with E-state index in [0.717, 1.165) is 15.3 Å². The zero-order valence-electron chi connectivity index (χ0n) is 10.9. The summed E-state index contributed by atoms with van der Waals surface area (Å²) in [4.78, 5) is 20.6. The molecule has 5 heteroatoms. The number of carbonyl (C=O) groups excluding carboxylic acids is 1. The van der Waals surface area contributed by atoms with E-state index in [-0.39, 0.29) is 5.97 Å². The zero-order chi connectivity index (χ0) is 13.9. The van der Waals surface area contributed by atoms with Gasteiger partial charge >= 0.3 is 5.97 Å². The predicted octanol–water partition coefficient (Wildman–Crippen LogP) is 3.54. The number of nitrogens with zero attached hydrogens (tertiary/aromatic N) is 2. The Balaban J connectivity index is 2.12. The molecule has 3 rings (SSSR count). The summed E-state index contributed by atoms with van der Waals surface area (Å²) >= 11 is 1.46. The average molecular weight is 284 g/mol. The van der Waals surface area contributed by atoms with Crippen LogP contribution in [0.2, 0.25) is 0 Å². The van der Waals surface area contributed by atoms with Crippen molar-refractivity contribution in [1.29, 1.82) is 0 Å². The molecule has 0 aliphatic rings. The van der Waals surface area contributed by atoms with Gasteiger partial charge in [0, 0.05) is 11.8 Å². The lowest BCUT2D eigenvalue weighted by Gasteiger charge is -2.01. The van der Waals surface area contributed by atoms with Crippen LogP contribution in [0.1, 0.15) is 17.3 Å². The Morgan fingerprint density at radius 1 is 1.25 bits per heavy atom. The van der Waals surface area contributed by atoms with Crippen LogP contribution in [0.4, 0.5) is 0 Å². The first-order valence-electron chi connectivity index (χ1n) is 6.27. The quantitative estimate of drug-likeness (QED) is 0.690. The van der Waals surface area contributed by atoms with Crippen LogP contribution in [0.15, 0.2) is 42.6 Å². The first-order valence-corrected chi connectivity index (χ1v) is 7.09. The molecule has 0 amide bonds. The molecule has 3 aromatic rings. The Labute approximate surface area is 120 Å². The molecular weight excluding hydrogens is 272 g/mol. The van der Waals surface area contributed by atoms with Crippen molar-refractivity contribution in [2.24, 2.45) is 0 Å². The number of pyridine rings is 1. The van der Waals surface area contributed by atoms with Crippen LogP contribution in [0, 0.1) is 0 Å². The summed E-state index contributed by atoms with van der Waals surface area (Å²) in [5.41, 5.74) is 2.13. The van der Waals surface area contributed by atoms with Gasteiger partial charge in [-0.2, -0.15) is 0 Å². The molecular formula is C15H12N2O2S. The van der Waals surface area contributed by atoms with Crippen LogP contribution >= 0.6 is 11.3 Å². The van der Waals surface area contributed by atoms with Gasteiger partial charge in [-0.1, -0.05) is 30.3 Å². The van der Waals surface area contributed by atoms with Crippen molar-refractivity contribution in [2.75, 3.05) is 6.61 Å². The van der Waals surface area contributed by atoms with E-state index in [9.17, 15) is 4.79 Å². The smallest absolute Gasteiger partial charge is 0.339 e. The van der Waals surface area contributed by atoms with E-state index in [1.807, 2.05) is 30.3 Å². The van der Waals surface area contributed by atoms with Gasteiger partial charge in [0.25, 0.3) is 0 Å². The lowest BCUT2D eigenvalue weighted by atomic mass is 10.2. The van der Waals surface area contributed by atoms with Crippen LogP contribution in [0.25, 0.3) is 20.9 Å². The molecule has 0 spiro atoms. The number of ether oxygens (including phenoxy) is 1. The molecule has 0 N–H and O–H groups in total. The Hall–Kier alpha value is -2.27. The number of hydrogen-bond donors (Lipinski definition) is 0. The van der Waals surface area contributed by atoms with Gasteiger partial charge in [-0.05, 0) is 13.0 Å². The van der Waals surface area contributed by atoms with Gasteiger partial charge in [0.2, 0.25) is 0 Å². The van der Waals surface area contributed by atoms with Crippen molar-refractivity contribution < 1.29 is 9.53 Å². The van der Waals surface area contributed by atoms with Crippen molar-refractivity contribution in [3.8, 4) is 10.6 Å². The molecule has 2 aromatic heterocycles. The van der Waals surface area contributed by atoms with E-state index in [0.29, 0.717) is 17.8 Å². The lowest BCUT2D eigenvalue weighted by Crippen LogP contribution is -2.04. The van der Waals surface area contributed by atoms with Gasteiger partial charge in [-0.3, -0.25) is 0 Å². The van der Waals surface area contributed by atoms with Gasteiger partial charge in [0.05, 0.1) is 16.9 Å². The number of rotatable bonds is 3. The summed E-state index contributed by atoms with van der Waals surface area (Å²) < 4.78 is 5.83. The Morgan fingerprint density at radius 3 is 2.80 bits per heavy atom. The van der Waals surface area contributed by atoms with E-state index < -0.39 is 0 Å². The molecule has 0 bridgehead atoms. The summed E-state index contributed by atoms with van der Waals surface area (Å²) in [6.07, 6.45) is 1.59. The summed E-state index contributed by atoms with van der Waals surface area (Å²) in [6, 6.07) is 11.5. The molecule has 0 unspecified atom stereocenters. The minimum atomic E-state index is -0.330. The van der Waals surface area contributed by atoms with E-state index in [1.165, 1.54) is 11.3 Å². The maximum atomic E-state index is 11.9. The van der Waals surface area contributed by atoms with Crippen LogP contribution in [0.3, 0.4) is 0 Å². The van der Waals surface area contributed by atoms with Crippen molar-refractivity contribution in [2.45, 2.75) is 6.92 Å². The molecule has 2 heterocycles. The van der Waals surface area contributed by atoms with Crippen molar-refractivity contribution in [3.05, 3.63) is 48.2 Å². The first-order chi connectivity index (χ1) is 9.79. The largest absolute Gasteiger partial charge is 0.462 e. The molecule has 20 heavy (non-hydrogen) atoms. The number of aromatic nitrogens is 2. The number of esters is 1. The number of hydrogen-bond acceptors (Lipinski definition) is 5. The summed E-state index contributed by atoms with van der Waals surface area (Å²) in [5, 5.41) is 0.852. The summed E-state index contributed by atoms with van der Waals surface area (Å²) in [5.74, 6) is -0.330. The third-order valence-electron chi connectivity index (χ3n) is 2.81. The zero-order valence-corrected chi connectivity index (χ0v) is 11.7. The molecule has 0 atom stereocenters. The average Bonchev–Trinajstić information content (AvgIpc) is 2.92. The highest BCUT2D eigenvalue weighted by molar-refractivity contribution is 7.22. The molecule has 0 saturated carbocycles. The maximum Gasteiger partial charge on any atom is 0.339 e. The Kier molecular flexibility index (Phi) is 3.43. The summed E-state index contributed by atoms with van der Waals surface area (Å²) in [6.45, 7) is 2.14. The minimum Gasteiger partial charge on any atom is -0.462 e. The summed E-state index contributed by atoms with van der Waals surface area (Å²) in [7, 11) is 0. The highest BCUT2D eigenvalue weighted by Gasteiger charge is 2.16. The molecule has 0 fully saturated rings. The van der Waals surface area contributed by atoms with Crippen molar-refractivity contribution >= 4 is 27.7 Å². The van der Waals surface area contributed by atoms with Gasteiger partial charge < -0.3 is 4.74 Å². The molecule has 0 radical (unpaired) electrons. The van der Waals surface area contributed by atoms with E-state index in [1.54, 1.807) is 19.2 Å². The van der Waals surface area contributed by atoms with Gasteiger partial charge in [0.15, 0.2) is 5.65 Å². The van der Waals surface area contributed by atoms with E-state index in [4.69, 9.17) is 4.74 Å². The van der Waals surface area contributed by atoms with Gasteiger partial charge in [0.1, 0.15) is 5.01 Å². The first kappa shape index (κ1) is 12.7. The van der Waals surface area contributed by atoms with Gasteiger partial charge in [-0.15, -0.1) is 11.3 Å². The van der Waals surface area contributed by atoms with E-state index >= 15 is 0 Å². The second kappa shape index (κ2) is 5.38. The molecule has 0 aliphatic heterocycles. The standard InChI is InChI=1S/C15H12N2O2S/c1-2-19-15(18)11-8-9-16-13-12(11)20-14(17-13)10-6-4-3-5-7-10/h3-9H,2H2,1H3. The fraction of sp³-hybridized carbons (Fsp3) is 0.133. The predicted molar refractivity (Wildman–Crippen MR) is 78.8 cm³/mol. The molecule has 0 saturated heterocycles. The molecule has 4 nitrogen and oxygen atoms in total. The third kappa shape index (κ3) is 2.28. The normalized spacial score (nSPS) is 10.7. The monoisotopic (exact) mass is 284 g/mol. The second-order valence-electron chi connectivity index (χ2n) is 4.12. The number of fused-ring (bicyclic) bond motifs is 1. The second-order valence-corrected chi connectivity index (χ2v) is 5.12. The molecule has 100 valence electrons. The number of carbonyl (C=O) groups is 1. The molecule has 1 aromatic carbocycles. The topological polar surface area (TPSA) is 52.1 Å². The third-order valence-corrected chi connectivity index (χ3v) is 3.93. The fourth-order valence-corrected chi connectivity index (χ4v) is 2.94. The highest BCUT2D eigenvalue weighted by atomic mass is 32.1. The number of benzene rings is 1. The van der Waals surface area contributed by atoms with Crippen molar-refractivity contribution in [3.63, 3.8) is 0 Å². The minimum absolute atomic E-state index is 0.330. The molecule has 0 aliphatic carbocycles. The van der Waals surface area contributed by atoms with Crippen LogP contribution < -0.4 is 0 Å². The maximum absolute atomic E-state index is 11.9. The van der Waals surface area contributed by atoms with Crippen molar-refractivity contribution in [1.82, 2.24) is 9.97 Å². The Morgan fingerprint density at radius 2 is 2.05 bits per heavy atom. The van der Waals surface area contributed by atoms with Crippen LogP contribution in [0.5, 0.6) is 0 Å².